The first-order valence-electron chi connectivity index (χ1n) is 5.25. The minimum Gasteiger partial charge on any atom is -0.349 e. The fraction of sp³-hybridized carbons (Fsp3) is 0.417. The molecule has 1 aromatic rings. The van der Waals surface area contributed by atoms with Crippen LogP contribution in [0.25, 0.3) is 0 Å². The average molecular weight is 258 g/mol. The van der Waals surface area contributed by atoms with Crippen molar-refractivity contribution in [1.29, 1.82) is 0 Å². The normalized spacial score (nSPS) is 16.9. The highest BCUT2D eigenvalue weighted by molar-refractivity contribution is 6.30. The molecule has 0 aliphatic heterocycles. The second-order valence-corrected chi connectivity index (χ2v) is 4.97. The van der Waals surface area contributed by atoms with Crippen LogP contribution in [0.5, 0.6) is 0 Å². The first-order chi connectivity index (χ1) is 7.63. The average Bonchev–Trinajstić information content (AvgIpc) is 2.97. The largest absolute Gasteiger partial charge is 0.349 e. The van der Waals surface area contributed by atoms with Gasteiger partial charge in [0, 0.05) is 10.6 Å². The SMILES string of the molecule is O=C(CCl)NC1(Cc2cccc(Cl)c2)CC1. The van der Waals surface area contributed by atoms with Gasteiger partial charge in [0.1, 0.15) is 5.88 Å². The van der Waals surface area contributed by atoms with Gasteiger partial charge in [0.25, 0.3) is 0 Å². The zero-order valence-electron chi connectivity index (χ0n) is 8.80. The van der Waals surface area contributed by atoms with E-state index in [1.807, 2.05) is 24.3 Å². The number of hydrogen-bond donors (Lipinski definition) is 1. The van der Waals surface area contributed by atoms with Gasteiger partial charge in [-0.05, 0) is 37.0 Å². The van der Waals surface area contributed by atoms with E-state index >= 15 is 0 Å². The Bertz CT molecular complexity index is 402. The summed E-state index contributed by atoms with van der Waals surface area (Å²) in [5.41, 5.74) is 1.08. The predicted octanol–water partition coefficient (Wildman–Crippen LogP) is 2.77. The van der Waals surface area contributed by atoms with Gasteiger partial charge in [-0.15, -0.1) is 11.6 Å². The molecule has 1 aliphatic rings. The number of carbonyl (C=O) groups excluding carboxylic acids is 1. The number of rotatable bonds is 4. The van der Waals surface area contributed by atoms with Crippen LogP contribution in [0.4, 0.5) is 0 Å². The first kappa shape index (κ1) is 11.7. The zero-order valence-corrected chi connectivity index (χ0v) is 10.3. The molecule has 1 aliphatic carbocycles. The maximum absolute atomic E-state index is 11.3. The third-order valence-corrected chi connectivity index (χ3v) is 3.29. The smallest absolute Gasteiger partial charge is 0.235 e. The summed E-state index contributed by atoms with van der Waals surface area (Å²) in [6, 6.07) is 7.74. The third kappa shape index (κ3) is 2.89. The van der Waals surface area contributed by atoms with E-state index in [0.29, 0.717) is 0 Å². The van der Waals surface area contributed by atoms with Crippen LogP contribution in [-0.4, -0.2) is 17.3 Å². The Labute approximate surface area is 105 Å². The number of halogens is 2. The van der Waals surface area contributed by atoms with Gasteiger partial charge in [-0.25, -0.2) is 0 Å². The van der Waals surface area contributed by atoms with Gasteiger partial charge >= 0.3 is 0 Å². The highest BCUT2D eigenvalue weighted by Crippen LogP contribution is 2.38. The molecule has 1 aromatic carbocycles. The van der Waals surface area contributed by atoms with Gasteiger partial charge in [-0.2, -0.15) is 0 Å². The second-order valence-electron chi connectivity index (χ2n) is 4.27. The quantitative estimate of drug-likeness (QED) is 0.826. The monoisotopic (exact) mass is 257 g/mol. The van der Waals surface area contributed by atoms with Gasteiger partial charge < -0.3 is 5.32 Å². The van der Waals surface area contributed by atoms with Crippen molar-refractivity contribution in [3.8, 4) is 0 Å². The molecule has 16 heavy (non-hydrogen) atoms. The molecule has 1 N–H and O–H groups in total. The van der Waals surface area contributed by atoms with E-state index < -0.39 is 0 Å². The Balaban J connectivity index is 2.01. The van der Waals surface area contributed by atoms with Gasteiger partial charge in [-0.1, -0.05) is 23.7 Å². The summed E-state index contributed by atoms with van der Waals surface area (Å²) in [5.74, 6) is -0.0710. The molecule has 0 unspecified atom stereocenters. The summed E-state index contributed by atoms with van der Waals surface area (Å²) in [4.78, 5) is 11.3. The number of carbonyl (C=O) groups is 1. The predicted molar refractivity (Wildman–Crippen MR) is 66.0 cm³/mol. The molecule has 4 heteroatoms. The lowest BCUT2D eigenvalue weighted by Gasteiger charge is -2.16. The van der Waals surface area contributed by atoms with Crippen molar-refractivity contribution in [3.05, 3.63) is 34.9 Å². The van der Waals surface area contributed by atoms with E-state index in [1.54, 1.807) is 0 Å². The van der Waals surface area contributed by atoms with Gasteiger partial charge in [0.15, 0.2) is 0 Å². The van der Waals surface area contributed by atoms with Crippen molar-refractivity contribution in [2.45, 2.75) is 24.8 Å². The Morgan fingerprint density at radius 1 is 1.44 bits per heavy atom. The van der Waals surface area contributed by atoms with E-state index in [1.165, 1.54) is 0 Å². The molecule has 0 bridgehead atoms. The molecular formula is C12H13Cl2NO. The van der Waals surface area contributed by atoms with Crippen LogP contribution in [0, 0.1) is 0 Å². The lowest BCUT2D eigenvalue weighted by Crippen LogP contribution is -2.39. The third-order valence-electron chi connectivity index (χ3n) is 2.81. The van der Waals surface area contributed by atoms with Crippen molar-refractivity contribution in [2.75, 3.05) is 5.88 Å². The lowest BCUT2D eigenvalue weighted by atomic mass is 10.0. The number of alkyl halides is 1. The molecule has 0 radical (unpaired) electrons. The van der Waals surface area contributed by atoms with Gasteiger partial charge in [-0.3, -0.25) is 4.79 Å². The van der Waals surface area contributed by atoms with E-state index in [2.05, 4.69) is 5.32 Å². The molecule has 0 spiro atoms. The van der Waals surface area contributed by atoms with Crippen molar-refractivity contribution in [1.82, 2.24) is 5.32 Å². The Morgan fingerprint density at radius 2 is 2.19 bits per heavy atom. The van der Waals surface area contributed by atoms with Crippen molar-refractivity contribution in [3.63, 3.8) is 0 Å². The molecule has 1 saturated carbocycles. The van der Waals surface area contributed by atoms with Crippen LogP contribution >= 0.6 is 23.2 Å². The molecular weight excluding hydrogens is 245 g/mol. The Morgan fingerprint density at radius 3 is 2.75 bits per heavy atom. The molecule has 2 rings (SSSR count). The highest BCUT2D eigenvalue weighted by atomic mass is 35.5. The van der Waals surface area contributed by atoms with Crippen LogP contribution in [0.3, 0.4) is 0 Å². The fourth-order valence-electron chi connectivity index (χ4n) is 1.86. The number of hydrogen-bond acceptors (Lipinski definition) is 1. The second kappa shape index (κ2) is 4.64. The van der Waals surface area contributed by atoms with Crippen LogP contribution in [0.15, 0.2) is 24.3 Å². The molecule has 1 fully saturated rings. The van der Waals surface area contributed by atoms with E-state index in [0.717, 1.165) is 29.8 Å². The molecule has 0 atom stereocenters. The van der Waals surface area contributed by atoms with E-state index in [9.17, 15) is 4.79 Å². The van der Waals surface area contributed by atoms with Gasteiger partial charge in [0.2, 0.25) is 5.91 Å². The number of benzene rings is 1. The van der Waals surface area contributed by atoms with Crippen LogP contribution in [0.2, 0.25) is 5.02 Å². The summed E-state index contributed by atoms with van der Waals surface area (Å²) in [6.07, 6.45) is 2.86. The molecule has 0 saturated heterocycles. The highest BCUT2D eigenvalue weighted by Gasteiger charge is 2.43. The number of amides is 1. The topological polar surface area (TPSA) is 29.1 Å². The summed E-state index contributed by atoms with van der Waals surface area (Å²) < 4.78 is 0. The van der Waals surface area contributed by atoms with E-state index in [4.69, 9.17) is 23.2 Å². The van der Waals surface area contributed by atoms with Crippen LogP contribution < -0.4 is 5.32 Å². The van der Waals surface area contributed by atoms with Crippen LogP contribution in [0.1, 0.15) is 18.4 Å². The summed E-state index contributed by atoms with van der Waals surface area (Å²) in [6.45, 7) is 0. The molecule has 0 aromatic heterocycles. The molecule has 0 heterocycles. The Hall–Kier alpha value is -0.730. The standard InChI is InChI=1S/C12H13Cl2NO/c13-8-11(16)15-12(4-5-12)7-9-2-1-3-10(14)6-9/h1-3,6H,4-5,7-8H2,(H,15,16). The van der Waals surface area contributed by atoms with Crippen molar-refractivity contribution >= 4 is 29.1 Å². The summed E-state index contributed by atoms with van der Waals surface area (Å²) >= 11 is 11.4. The minimum atomic E-state index is -0.0961. The molecule has 86 valence electrons. The maximum atomic E-state index is 11.3. The van der Waals surface area contributed by atoms with Crippen molar-refractivity contribution < 1.29 is 4.79 Å². The fourth-order valence-corrected chi connectivity index (χ4v) is 2.14. The first-order valence-corrected chi connectivity index (χ1v) is 6.16. The zero-order chi connectivity index (χ0) is 11.6. The number of nitrogens with one attached hydrogen (secondary N) is 1. The van der Waals surface area contributed by atoms with Crippen LogP contribution in [-0.2, 0) is 11.2 Å². The molecule has 1 amide bonds. The Kier molecular flexibility index (Phi) is 3.41. The maximum Gasteiger partial charge on any atom is 0.235 e. The van der Waals surface area contributed by atoms with Crippen molar-refractivity contribution in [2.24, 2.45) is 0 Å². The summed E-state index contributed by atoms with van der Waals surface area (Å²) in [5, 5.41) is 3.70. The van der Waals surface area contributed by atoms with Gasteiger partial charge in [0.05, 0.1) is 0 Å². The summed E-state index contributed by atoms with van der Waals surface area (Å²) in [7, 11) is 0. The minimum absolute atomic E-state index is 0.0251. The lowest BCUT2D eigenvalue weighted by molar-refractivity contribution is -0.119. The molecule has 2 nitrogen and oxygen atoms in total. The van der Waals surface area contributed by atoms with E-state index in [-0.39, 0.29) is 17.3 Å².